The molecule has 1 spiro atoms. The third kappa shape index (κ3) is 4.43. The minimum Gasteiger partial charge on any atom is -0.593 e. The molecule has 1 aromatic rings. The van der Waals surface area contributed by atoms with Gasteiger partial charge in [-0.15, -0.1) is 4.31 Å². The van der Waals surface area contributed by atoms with Crippen LogP contribution in [0.15, 0.2) is 28.6 Å². The van der Waals surface area contributed by atoms with E-state index >= 15 is 0 Å². The minimum atomic E-state index is -1.22. The first-order valence-electron chi connectivity index (χ1n) is 11.0. The van der Waals surface area contributed by atoms with Gasteiger partial charge in [0.05, 0.1) is 11.4 Å². The molecule has 0 radical (unpaired) electrons. The molecule has 1 saturated carbocycles. The molecule has 1 aromatic carbocycles. The van der Waals surface area contributed by atoms with E-state index in [4.69, 9.17) is 10.7 Å². The van der Waals surface area contributed by atoms with Gasteiger partial charge in [0.15, 0.2) is 0 Å². The highest BCUT2D eigenvalue weighted by Gasteiger charge is 2.48. The smallest absolute Gasteiger partial charge is 0.253 e. The molecule has 2 heterocycles. The number of nitrogens with one attached hydrogen (secondary N) is 1. The van der Waals surface area contributed by atoms with Gasteiger partial charge in [0.1, 0.15) is 16.8 Å². The quantitative estimate of drug-likeness (QED) is 0.568. The maximum Gasteiger partial charge on any atom is 0.253 e. The number of carbonyl (C=O) groups is 1. The summed E-state index contributed by atoms with van der Waals surface area (Å²) < 4.78 is 14.7. The normalized spacial score (nSPS) is 28.0. The maximum atomic E-state index is 12.8. The van der Waals surface area contributed by atoms with Gasteiger partial charge in [-0.3, -0.25) is 9.79 Å². The lowest BCUT2D eigenvalue weighted by Crippen LogP contribution is -2.50. The molecule has 3 N–H and O–H groups in total. The van der Waals surface area contributed by atoms with Crippen molar-refractivity contribution in [1.29, 1.82) is 0 Å². The first-order chi connectivity index (χ1) is 14.4. The van der Waals surface area contributed by atoms with Gasteiger partial charge < -0.3 is 15.6 Å². The number of nitrogen functional groups attached to an aromatic ring is 1. The minimum absolute atomic E-state index is 0.0367. The van der Waals surface area contributed by atoms with Crippen LogP contribution in [0.3, 0.4) is 0 Å². The molecule has 162 valence electrons. The molecule has 4 rings (SSSR count). The Morgan fingerprint density at radius 3 is 2.63 bits per heavy atom. The predicted molar refractivity (Wildman–Crippen MR) is 123 cm³/mol. The molecule has 2 fully saturated rings. The summed E-state index contributed by atoms with van der Waals surface area (Å²) in [5.41, 5.74) is 7.94. The van der Waals surface area contributed by atoms with Crippen LogP contribution in [0.1, 0.15) is 56.6 Å². The van der Waals surface area contributed by atoms with Gasteiger partial charge in [0.25, 0.3) is 5.91 Å². The number of hydrogen-bond acceptors (Lipinski definition) is 5. The Labute approximate surface area is 182 Å². The van der Waals surface area contributed by atoms with Crippen LogP contribution in [0.5, 0.6) is 0 Å². The van der Waals surface area contributed by atoms with E-state index in [1.165, 1.54) is 12.8 Å². The van der Waals surface area contributed by atoms with Crippen molar-refractivity contribution < 1.29 is 9.35 Å². The molecule has 0 aromatic heterocycles. The third-order valence-corrected chi connectivity index (χ3v) is 8.11. The van der Waals surface area contributed by atoms with E-state index in [0.717, 1.165) is 41.4 Å². The monoisotopic (exact) mass is 428 g/mol. The zero-order valence-electron chi connectivity index (χ0n) is 17.9. The molecular formula is C23H32N4O2S. The molecule has 1 atom stereocenters. The van der Waals surface area contributed by atoms with Crippen LogP contribution in [0, 0.1) is 18.8 Å². The molecule has 7 heteroatoms. The van der Waals surface area contributed by atoms with Crippen LogP contribution in [0.2, 0.25) is 0 Å². The van der Waals surface area contributed by atoms with Gasteiger partial charge in [-0.1, -0.05) is 25.8 Å². The van der Waals surface area contributed by atoms with Crippen molar-refractivity contribution in [3.05, 3.63) is 34.7 Å². The van der Waals surface area contributed by atoms with Gasteiger partial charge in [-0.05, 0) is 67.9 Å². The third-order valence-electron chi connectivity index (χ3n) is 6.86. The number of aryl methyl sites for hydroxylation is 1. The summed E-state index contributed by atoms with van der Waals surface area (Å²) in [5, 5.41) is 4.82. The van der Waals surface area contributed by atoms with Gasteiger partial charge in [-0.25, -0.2) is 0 Å². The number of amidine groups is 1. The predicted octanol–water partition coefficient (Wildman–Crippen LogP) is 3.40. The molecular weight excluding hydrogens is 396 g/mol. The van der Waals surface area contributed by atoms with E-state index < -0.39 is 16.9 Å². The highest BCUT2D eigenvalue weighted by atomic mass is 32.2. The number of anilines is 1. The molecule has 1 saturated heterocycles. The number of rotatable bonds is 4. The number of aliphatic imine (C=N–C) groups is 1. The summed E-state index contributed by atoms with van der Waals surface area (Å²) in [6, 6.07) is 5.70. The van der Waals surface area contributed by atoms with Crippen LogP contribution in [0.4, 0.5) is 5.69 Å². The van der Waals surface area contributed by atoms with Crippen molar-refractivity contribution in [2.24, 2.45) is 16.8 Å². The number of nitrogens with zero attached hydrogens (tertiary/aromatic N) is 2. The topological polar surface area (TPSA) is 93.8 Å². The Kier molecular flexibility index (Phi) is 6.23. The molecule has 0 bridgehead atoms. The summed E-state index contributed by atoms with van der Waals surface area (Å²) in [6.45, 7) is 5.49. The van der Waals surface area contributed by atoms with Gasteiger partial charge >= 0.3 is 0 Å². The number of amides is 1. The first-order valence-corrected chi connectivity index (χ1v) is 12.1. The zero-order valence-corrected chi connectivity index (χ0v) is 18.7. The van der Waals surface area contributed by atoms with Crippen molar-refractivity contribution in [2.45, 2.75) is 57.9 Å². The lowest BCUT2D eigenvalue weighted by Gasteiger charge is -2.34. The van der Waals surface area contributed by atoms with Crippen LogP contribution in [-0.2, 0) is 16.2 Å². The van der Waals surface area contributed by atoms with Crippen LogP contribution < -0.4 is 11.1 Å². The maximum absolute atomic E-state index is 12.8. The molecule has 1 unspecified atom stereocenters. The molecule has 30 heavy (non-hydrogen) atoms. The van der Waals surface area contributed by atoms with Crippen molar-refractivity contribution in [3.63, 3.8) is 0 Å². The fraction of sp³-hybridized carbons (Fsp3) is 0.565. The van der Waals surface area contributed by atoms with Crippen LogP contribution in [-0.4, -0.2) is 39.2 Å². The van der Waals surface area contributed by atoms with Crippen molar-refractivity contribution in [3.8, 4) is 0 Å². The summed E-state index contributed by atoms with van der Waals surface area (Å²) in [6.07, 6.45) is 7.76. The number of hydrogen-bond donors (Lipinski definition) is 2. The van der Waals surface area contributed by atoms with E-state index in [9.17, 15) is 9.35 Å². The van der Waals surface area contributed by atoms with Crippen molar-refractivity contribution in [1.82, 2.24) is 9.62 Å². The van der Waals surface area contributed by atoms with Crippen molar-refractivity contribution >= 4 is 34.9 Å². The summed E-state index contributed by atoms with van der Waals surface area (Å²) in [4.78, 5) is 17.7. The average molecular weight is 429 g/mol. The highest BCUT2D eigenvalue weighted by molar-refractivity contribution is 7.92. The zero-order chi connectivity index (χ0) is 21.3. The Morgan fingerprint density at radius 2 is 1.97 bits per heavy atom. The number of piperidine rings is 1. The van der Waals surface area contributed by atoms with E-state index in [2.05, 4.69) is 12.2 Å². The van der Waals surface area contributed by atoms with E-state index in [0.29, 0.717) is 31.8 Å². The van der Waals surface area contributed by atoms with Gasteiger partial charge in [0, 0.05) is 24.7 Å². The Morgan fingerprint density at radius 1 is 1.27 bits per heavy atom. The lowest BCUT2D eigenvalue weighted by atomic mass is 9.82. The van der Waals surface area contributed by atoms with Gasteiger partial charge in [0.2, 0.25) is 0 Å². The van der Waals surface area contributed by atoms with E-state index in [-0.39, 0.29) is 5.91 Å². The number of benzene rings is 1. The molecule has 1 amide bonds. The average Bonchev–Trinajstić information content (AvgIpc) is 3.04. The Bertz CT molecular complexity index is 853. The van der Waals surface area contributed by atoms with E-state index in [1.807, 2.05) is 35.5 Å². The van der Waals surface area contributed by atoms with Gasteiger partial charge in [-0.2, -0.15) is 0 Å². The Balaban J connectivity index is 1.37. The fourth-order valence-corrected chi connectivity index (χ4v) is 5.72. The summed E-state index contributed by atoms with van der Waals surface area (Å²) in [7, 11) is 0. The number of carbonyl (C=O) groups excluding carboxylic acids is 1. The second-order valence-corrected chi connectivity index (χ2v) is 10.4. The second kappa shape index (κ2) is 8.73. The summed E-state index contributed by atoms with van der Waals surface area (Å²) >= 11 is -1.22. The standard InChI is InChI=1S/C23H32N4O2S/c1-16-3-5-19(6-4-16)21-25-22(28)23(26-21)10-12-27(13-11-23)30(29)14-9-18-7-8-20(24)15-17(18)2/h7-9,14-16,19H,3-6,10-13,24H2,1-2H3,(H,25,26,28)/b14-9+. The van der Waals surface area contributed by atoms with Crippen molar-refractivity contribution in [2.75, 3.05) is 18.8 Å². The lowest BCUT2D eigenvalue weighted by molar-refractivity contribution is -0.124. The first kappa shape index (κ1) is 21.4. The largest absolute Gasteiger partial charge is 0.593 e. The molecule has 3 aliphatic rings. The fourth-order valence-electron chi connectivity index (χ4n) is 4.75. The molecule has 2 aliphatic heterocycles. The van der Waals surface area contributed by atoms with Crippen LogP contribution >= 0.6 is 0 Å². The second-order valence-electron chi connectivity index (χ2n) is 9.06. The van der Waals surface area contributed by atoms with E-state index in [1.54, 1.807) is 5.41 Å². The SMILES string of the molecule is Cc1cc(N)ccc1/C=C/[S+]([O-])N1CCC2(CC1)N=C(C1CCC(C)CC1)NC2=O. The molecule has 1 aliphatic carbocycles. The van der Waals surface area contributed by atoms with Crippen LogP contribution in [0.25, 0.3) is 6.08 Å². The molecule has 6 nitrogen and oxygen atoms in total. The number of nitrogens with two attached hydrogens (primary N) is 1. The summed E-state index contributed by atoms with van der Waals surface area (Å²) in [5.74, 6) is 2.11. The highest BCUT2D eigenvalue weighted by Crippen LogP contribution is 2.36. The Hall–Kier alpha value is -1.83.